The largest absolute Gasteiger partial charge is 0.290 e. The number of rotatable bonds is 1. The van der Waals surface area contributed by atoms with Gasteiger partial charge in [-0.2, -0.15) is 0 Å². The molecule has 0 unspecified atom stereocenters. The van der Waals surface area contributed by atoms with Crippen LogP contribution < -0.4 is 0 Å². The van der Waals surface area contributed by atoms with Gasteiger partial charge in [0.15, 0.2) is 11.6 Å². The Bertz CT molecular complexity index is 442. The van der Waals surface area contributed by atoms with Gasteiger partial charge < -0.3 is 0 Å². The molecule has 0 bridgehead atoms. The van der Waals surface area contributed by atoms with Crippen LogP contribution in [0.1, 0.15) is 13.8 Å². The number of allylic oxidation sites excluding steroid dienone is 4. The predicted octanol–water partition coefficient (Wildman–Crippen LogP) is 2.83. The van der Waals surface area contributed by atoms with Crippen LogP contribution in [0, 0.1) is 63.7 Å². The second-order valence-corrected chi connectivity index (χ2v) is 4.66. The topological polar surface area (TPSA) is 34.1 Å². The van der Waals surface area contributed by atoms with Crippen LogP contribution in [-0.4, -0.2) is 11.6 Å². The van der Waals surface area contributed by atoms with Gasteiger partial charge in [-0.1, -0.05) is 0 Å². The van der Waals surface area contributed by atoms with Crippen LogP contribution in [0.4, 0.5) is 0 Å². The minimum absolute atomic E-state index is 0. The van der Waals surface area contributed by atoms with Crippen molar-refractivity contribution in [2.75, 3.05) is 0 Å². The Hall–Kier alpha value is -0.661. The van der Waals surface area contributed by atoms with Crippen LogP contribution in [0.25, 0.3) is 0 Å². The molecule has 0 spiro atoms. The summed E-state index contributed by atoms with van der Waals surface area (Å²) in [6.07, 6.45) is 18.8. The van der Waals surface area contributed by atoms with E-state index in [0.717, 1.165) is 5.92 Å². The van der Waals surface area contributed by atoms with Crippen molar-refractivity contribution in [3.8, 4) is 0 Å². The van der Waals surface area contributed by atoms with Gasteiger partial charge in [0, 0.05) is 39.7 Å². The standard InChI is InChI=1S/C13H11O2.C5H5.Fe/c1-8-7-11(14)12(9(2)13(8)15)10-5-3-4-6-10;1-2-4-5-3-1;/h3-7H,1-2H3;1-5H;. The summed E-state index contributed by atoms with van der Waals surface area (Å²) in [6.45, 7) is 3.38. The first kappa shape index (κ1) is 18.4. The molecule has 0 aromatic carbocycles. The zero-order valence-electron chi connectivity index (χ0n) is 11.9. The van der Waals surface area contributed by atoms with Gasteiger partial charge in [0.05, 0.1) is 0 Å². The first-order valence-electron chi connectivity index (χ1n) is 6.48. The summed E-state index contributed by atoms with van der Waals surface area (Å²) in [5, 5.41) is 0. The summed E-state index contributed by atoms with van der Waals surface area (Å²) >= 11 is 0. The number of ketones is 2. The maximum Gasteiger partial charge on any atom is 0.184 e. The summed E-state index contributed by atoms with van der Waals surface area (Å²) in [4.78, 5) is 23.5. The Balaban J connectivity index is 0.000000313. The van der Waals surface area contributed by atoms with Crippen molar-refractivity contribution in [1.82, 2.24) is 0 Å². The van der Waals surface area contributed by atoms with E-state index in [0.29, 0.717) is 16.7 Å². The fourth-order valence-electron chi connectivity index (χ4n) is 2.15. The summed E-state index contributed by atoms with van der Waals surface area (Å²) in [7, 11) is 0. The van der Waals surface area contributed by atoms with Gasteiger partial charge in [-0.3, -0.25) is 9.59 Å². The molecule has 0 atom stereocenters. The molecule has 2 fully saturated rings. The van der Waals surface area contributed by atoms with Gasteiger partial charge in [0.25, 0.3) is 0 Å². The average molecular weight is 320 g/mol. The molecule has 3 heteroatoms. The van der Waals surface area contributed by atoms with E-state index in [-0.39, 0.29) is 28.6 Å². The predicted molar refractivity (Wildman–Crippen MR) is 78.4 cm³/mol. The Morgan fingerprint density at radius 3 is 1.71 bits per heavy atom. The van der Waals surface area contributed by atoms with E-state index in [2.05, 4.69) is 0 Å². The average Bonchev–Trinajstić information content (AvgIpc) is 3.11. The molecular weight excluding hydrogens is 304 g/mol. The third-order valence-electron chi connectivity index (χ3n) is 3.17. The molecule has 0 heterocycles. The minimum Gasteiger partial charge on any atom is -0.290 e. The minimum atomic E-state index is -0.0733. The molecule has 0 aromatic heterocycles. The summed E-state index contributed by atoms with van der Waals surface area (Å²) < 4.78 is 0. The quantitative estimate of drug-likeness (QED) is 0.550. The van der Waals surface area contributed by atoms with E-state index in [4.69, 9.17) is 0 Å². The van der Waals surface area contributed by atoms with Crippen LogP contribution in [0.15, 0.2) is 22.8 Å². The van der Waals surface area contributed by atoms with Crippen molar-refractivity contribution in [3.63, 3.8) is 0 Å². The number of carbonyl (C=O) groups is 2. The monoisotopic (exact) mass is 320 g/mol. The molecule has 21 heavy (non-hydrogen) atoms. The maximum absolute atomic E-state index is 11.8. The smallest absolute Gasteiger partial charge is 0.184 e. The first-order valence-corrected chi connectivity index (χ1v) is 6.48. The van der Waals surface area contributed by atoms with Crippen molar-refractivity contribution in [2.24, 2.45) is 0 Å². The third kappa shape index (κ3) is 4.66. The molecule has 108 valence electrons. The third-order valence-corrected chi connectivity index (χ3v) is 3.17. The maximum atomic E-state index is 11.8. The van der Waals surface area contributed by atoms with Gasteiger partial charge >= 0.3 is 0 Å². The molecule has 0 aliphatic heterocycles. The second-order valence-electron chi connectivity index (χ2n) is 4.66. The van der Waals surface area contributed by atoms with Crippen molar-refractivity contribution in [3.05, 3.63) is 86.5 Å². The van der Waals surface area contributed by atoms with Gasteiger partial charge in [0.1, 0.15) is 0 Å². The van der Waals surface area contributed by atoms with Crippen molar-refractivity contribution >= 4 is 11.6 Å². The van der Waals surface area contributed by atoms with Crippen LogP contribution in [0.3, 0.4) is 0 Å². The van der Waals surface area contributed by atoms with E-state index in [1.54, 1.807) is 13.8 Å². The summed E-state index contributed by atoms with van der Waals surface area (Å²) in [5.74, 6) is 0.719. The number of Topliss-reactive ketones (excluding diaryl/α,β-unsaturated/α-hetero) is 1. The van der Waals surface area contributed by atoms with E-state index < -0.39 is 0 Å². The Morgan fingerprint density at radius 2 is 1.24 bits per heavy atom. The molecule has 2 nitrogen and oxygen atoms in total. The van der Waals surface area contributed by atoms with E-state index in [9.17, 15) is 9.59 Å². The van der Waals surface area contributed by atoms with Gasteiger partial charge in [-0.15, -0.1) is 0 Å². The molecule has 2 saturated carbocycles. The van der Waals surface area contributed by atoms with Gasteiger partial charge in [0.2, 0.25) is 0 Å². The molecule has 3 aliphatic carbocycles. The SMILES string of the molecule is CC1=CC(=O)C([C]2[CH][CH][CH][CH]2)=C(C)C1=O.[CH]1[CH][CH][CH][CH]1.[Fe]. The van der Waals surface area contributed by atoms with Crippen molar-refractivity contribution in [2.45, 2.75) is 13.8 Å². The molecule has 10 radical (unpaired) electrons. The van der Waals surface area contributed by atoms with E-state index in [1.807, 2.05) is 57.8 Å². The van der Waals surface area contributed by atoms with Gasteiger partial charge in [-0.05, 0) is 77.7 Å². The Kier molecular flexibility index (Phi) is 7.62. The van der Waals surface area contributed by atoms with Gasteiger partial charge in [-0.25, -0.2) is 0 Å². The Labute approximate surface area is 138 Å². The van der Waals surface area contributed by atoms with Crippen molar-refractivity contribution in [1.29, 1.82) is 0 Å². The molecular formula is C18H16FeO2. The van der Waals surface area contributed by atoms with Crippen molar-refractivity contribution < 1.29 is 26.7 Å². The van der Waals surface area contributed by atoms with Crippen LogP contribution in [0.5, 0.6) is 0 Å². The van der Waals surface area contributed by atoms with Crippen LogP contribution >= 0.6 is 0 Å². The number of carbonyl (C=O) groups excluding carboxylic acids is 2. The number of hydrogen-bond donors (Lipinski definition) is 0. The number of hydrogen-bond acceptors (Lipinski definition) is 2. The van der Waals surface area contributed by atoms with E-state index >= 15 is 0 Å². The molecule has 3 aliphatic rings. The van der Waals surface area contributed by atoms with Crippen LogP contribution in [0.2, 0.25) is 0 Å². The Morgan fingerprint density at radius 1 is 0.762 bits per heavy atom. The first-order chi connectivity index (χ1) is 9.61. The molecule has 0 N–H and O–H groups in total. The fourth-order valence-corrected chi connectivity index (χ4v) is 2.15. The molecule has 0 amide bonds. The van der Waals surface area contributed by atoms with E-state index in [1.165, 1.54) is 6.08 Å². The summed E-state index contributed by atoms with van der Waals surface area (Å²) in [5.41, 5.74) is 1.61. The molecule has 0 saturated heterocycles. The normalized spacial score (nSPS) is 22.7. The zero-order chi connectivity index (χ0) is 14.5. The van der Waals surface area contributed by atoms with Crippen LogP contribution in [-0.2, 0) is 26.7 Å². The fraction of sp³-hybridized carbons (Fsp3) is 0.111. The summed E-state index contributed by atoms with van der Waals surface area (Å²) in [6, 6.07) is 0. The molecule has 3 rings (SSSR count). The molecule has 0 aromatic rings. The second kappa shape index (κ2) is 8.70. The zero-order valence-corrected chi connectivity index (χ0v) is 13.0.